The second kappa shape index (κ2) is 9.44. The Morgan fingerprint density at radius 3 is 2.58 bits per heavy atom. The molecular weight excluding hydrogens is 471 g/mol. The number of piperazine rings is 1. The molecule has 4 aromatic rings. The monoisotopic (exact) mass is 497 g/mol. The number of aliphatic hydroxyl groups is 1. The van der Waals surface area contributed by atoms with Crippen LogP contribution in [0, 0.1) is 0 Å². The smallest absolute Gasteiger partial charge is 0.392 e. The zero-order valence-electron chi connectivity index (χ0n) is 19.6. The number of aliphatic hydroxyl groups excluding tert-OH is 1. The van der Waals surface area contributed by atoms with E-state index in [1.165, 1.54) is 30.5 Å². The Morgan fingerprint density at radius 1 is 1.11 bits per heavy atom. The number of imidazole rings is 1. The van der Waals surface area contributed by atoms with E-state index in [0.717, 1.165) is 49.0 Å². The van der Waals surface area contributed by atoms with E-state index in [2.05, 4.69) is 24.8 Å². The Balaban J connectivity index is 1.35. The molecule has 2 aromatic carbocycles. The van der Waals surface area contributed by atoms with Gasteiger partial charge in [0.05, 0.1) is 28.4 Å². The van der Waals surface area contributed by atoms with Gasteiger partial charge in [-0.3, -0.25) is 9.69 Å². The highest BCUT2D eigenvalue weighted by molar-refractivity contribution is 6.10. The topological polar surface area (TPSA) is 88.2 Å². The largest absolute Gasteiger partial charge is 0.417 e. The average Bonchev–Trinajstić information content (AvgIpc) is 3.50. The standard InChI is InChI=1S/C26H26F3N5O2/c1-16(35)15-33-8-10-34(11-9-33)18-6-7-21-22(13-18)32-25(31-21)23-12-17(14-30-23)24(36)19-4-2-3-5-20(19)26(27,28)29/h2-7,12-14,16,30,35H,8-11,15H2,1H3,(H,31,32)/t16-/m1/s1. The van der Waals surface area contributed by atoms with Gasteiger partial charge >= 0.3 is 6.18 Å². The van der Waals surface area contributed by atoms with Gasteiger partial charge in [-0.2, -0.15) is 13.2 Å². The molecule has 1 saturated heterocycles. The number of β-amino-alcohol motifs (C(OH)–C–C–N with tert-alkyl or cyclic N) is 1. The Bertz CT molecular complexity index is 1380. The van der Waals surface area contributed by atoms with Crippen molar-refractivity contribution in [3.05, 3.63) is 71.4 Å². The first-order chi connectivity index (χ1) is 17.2. The molecule has 36 heavy (non-hydrogen) atoms. The van der Waals surface area contributed by atoms with E-state index in [9.17, 15) is 23.1 Å². The number of nitrogens with one attached hydrogen (secondary N) is 2. The van der Waals surface area contributed by atoms with Crippen LogP contribution in [-0.2, 0) is 6.18 Å². The van der Waals surface area contributed by atoms with E-state index in [1.807, 2.05) is 18.2 Å². The third-order valence-corrected chi connectivity index (χ3v) is 6.40. The molecular formula is C26H26F3N5O2. The van der Waals surface area contributed by atoms with Crippen molar-refractivity contribution in [2.75, 3.05) is 37.6 Å². The number of nitrogens with zero attached hydrogens (tertiary/aromatic N) is 3. The van der Waals surface area contributed by atoms with Crippen molar-refractivity contribution in [3.8, 4) is 11.5 Å². The van der Waals surface area contributed by atoms with Gasteiger partial charge in [0.1, 0.15) is 0 Å². The molecule has 0 spiro atoms. The summed E-state index contributed by atoms with van der Waals surface area (Å²) in [6.45, 7) is 5.89. The summed E-state index contributed by atoms with van der Waals surface area (Å²) < 4.78 is 40.1. The second-order valence-corrected chi connectivity index (χ2v) is 9.10. The lowest BCUT2D eigenvalue weighted by Gasteiger charge is -2.36. The molecule has 2 aromatic heterocycles. The molecule has 188 valence electrons. The summed E-state index contributed by atoms with van der Waals surface area (Å²) >= 11 is 0. The molecule has 5 rings (SSSR count). The lowest BCUT2D eigenvalue weighted by molar-refractivity contribution is -0.137. The van der Waals surface area contributed by atoms with Crippen LogP contribution in [0.5, 0.6) is 0 Å². The highest BCUT2D eigenvalue weighted by atomic mass is 19.4. The van der Waals surface area contributed by atoms with Crippen molar-refractivity contribution in [3.63, 3.8) is 0 Å². The highest BCUT2D eigenvalue weighted by Gasteiger charge is 2.35. The summed E-state index contributed by atoms with van der Waals surface area (Å²) in [7, 11) is 0. The first-order valence-electron chi connectivity index (χ1n) is 11.7. The maximum atomic E-state index is 13.4. The fraction of sp³-hybridized carbons (Fsp3) is 0.308. The van der Waals surface area contributed by atoms with Crippen LogP contribution < -0.4 is 4.90 Å². The molecule has 1 atom stereocenters. The highest BCUT2D eigenvalue weighted by Crippen LogP contribution is 2.33. The minimum atomic E-state index is -4.62. The maximum absolute atomic E-state index is 13.4. The summed E-state index contributed by atoms with van der Waals surface area (Å²) in [6.07, 6.45) is -3.57. The summed E-state index contributed by atoms with van der Waals surface area (Å²) in [4.78, 5) is 28.2. The van der Waals surface area contributed by atoms with Gasteiger partial charge in [-0.15, -0.1) is 0 Å². The van der Waals surface area contributed by atoms with Crippen molar-refractivity contribution in [2.45, 2.75) is 19.2 Å². The Morgan fingerprint density at radius 2 is 1.86 bits per heavy atom. The predicted octanol–water partition coefficient (Wildman–Crippen LogP) is 4.31. The summed E-state index contributed by atoms with van der Waals surface area (Å²) in [5.74, 6) is -0.217. The van der Waals surface area contributed by atoms with E-state index in [1.54, 1.807) is 6.92 Å². The van der Waals surface area contributed by atoms with Crippen LogP contribution in [0.4, 0.5) is 18.9 Å². The van der Waals surface area contributed by atoms with E-state index < -0.39 is 23.1 Å². The summed E-state index contributed by atoms with van der Waals surface area (Å²) in [5.41, 5.74) is 1.90. The number of anilines is 1. The summed E-state index contributed by atoms with van der Waals surface area (Å²) in [6, 6.07) is 12.2. The molecule has 1 fully saturated rings. The van der Waals surface area contributed by atoms with Crippen LogP contribution in [0.1, 0.15) is 28.4 Å². The third kappa shape index (κ3) is 4.87. The zero-order valence-corrected chi connectivity index (χ0v) is 19.6. The minimum absolute atomic E-state index is 0.123. The molecule has 1 aliphatic heterocycles. The molecule has 7 nitrogen and oxygen atoms in total. The molecule has 3 heterocycles. The second-order valence-electron chi connectivity index (χ2n) is 9.10. The van der Waals surface area contributed by atoms with Crippen molar-refractivity contribution >= 4 is 22.5 Å². The van der Waals surface area contributed by atoms with E-state index in [-0.39, 0.29) is 11.7 Å². The van der Waals surface area contributed by atoms with Gasteiger partial charge in [-0.25, -0.2) is 4.98 Å². The van der Waals surface area contributed by atoms with Crippen molar-refractivity contribution in [1.29, 1.82) is 0 Å². The van der Waals surface area contributed by atoms with Crippen LogP contribution in [0.15, 0.2) is 54.7 Å². The lowest BCUT2D eigenvalue weighted by Crippen LogP contribution is -2.48. The number of ketones is 1. The normalized spacial score (nSPS) is 16.0. The average molecular weight is 498 g/mol. The molecule has 0 unspecified atom stereocenters. The maximum Gasteiger partial charge on any atom is 0.417 e. The third-order valence-electron chi connectivity index (χ3n) is 6.40. The number of aromatic nitrogens is 3. The number of aromatic amines is 2. The number of H-pyrrole nitrogens is 2. The number of rotatable bonds is 6. The molecule has 3 N–H and O–H groups in total. The molecule has 0 saturated carbocycles. The number of fused-ring (bicyclic) bond motifs is 1. The van der Waals surface area contributed by atoms with Gasteiger partial charge in [0.2, 0.25) is 0 Å². The SMILES string of the molecule is C[C@@H](O)CN1CCN(c2ccc3nc(-c4cc(C(=O)c5ccccc5C(F)(F)F)c[nH]4)[nH]c3c2)CC1. The molecule has 10 heteroatoms. The van der Waals surface area contributed by atoms with Crippen LogP contribution in [0.2, 0.25) is 0 Å². The number of hydrogen-bond donors (Lipinski definition) is 3. The summed E-state index contributed by atoms with van der Waals surface area (Å²) in [5, 5.41) is 9.60. The van der Waals surface area contributed by atoms with Gasteiger partial charge < -0.3 is 20.0 Å². The molecule has 0 bridgehead atoms. The molecule has 0 amide bonds. The first kappa shape index (κ1) is 24.1. The van der Waals surface area contributed by atoms with E-state index in [4.69, 9.17) is 0 Å². The number of carbonyl (C=O) groups excluding carboxylic acids is 1. The van der Waals surface area contributed by atoms with Gasteiger partial charge in [0, 0.05) is 55.7 Å². The number of benzene rings is 2. The van der Waals surface area contributed by atoms with Crippen molar-refractivity contribution in [2.24, 2.45) is 0 Å². The van der Waals surface area contributed by atoms with Gasteiger partial charge in [-0.05, 0) is 37.3 Å². The van der Waals surface area contributed by atoms with Gasteiger partial charge in [0.15, 0.2) is 11.6 Å². The van der Waals surface area contributed by atoms with Crippen LogP contribution in [0.3, 0.4) is 0 Å². The Kier molecular flexibility index (Phi) is 6.31. The molecule has 0 radical (unpaired) electrons. The van der Waals surface area contributed by atoms with Gasteiger partial charge in [0.25, 0.3) is 0 Å². The zero-order chi connectivity index (χ0) is 25.4. The number of alkyl halides is 3. The van der Waals surface area contributed by atoms with Crippen LogP contribution in [-0.4, -0.2) is 69.6 Å². The van der Waals surface area contributed by atoms with Crippen LogP contribution >= 0.6 is 0 Å². The van der Waals surface area contributed by atoms with Crippen LogP contribution in [0.25, 0.3) is 22.6 Å². The predicted molar refractivity (Wildman–Crippen MR) is 131 cm³/mol. The fourth-order valence-electron chi connectivity index (χ4n) is 4.63. The quantitative estimate of drug-likeness (QED) is 0.346. The van der Waals surface area contributed by atoms with Gasteiger partial charge in [-0.1, -0.05) is 18.2 Å². The van der Waals surface area contributed by atoms with E-state index in [0.29, 0.717) is 18.1 Å². The number of hydrogen-bond acceptors (Lipinski definition) is 5. The molecule has 0 aliphatic carbocycles. The Labute approximate surface area is 205 Å². The molecule has 1 aliphatic rings. The Hall–Kier alpha value is -3.63. The minimum Gasteiger partial charge on any atom is -0.392 e. The first-order valence-corrected chi connectivity index (χ1v) is 11.7. The number of halogens is 3. The van der Waals surface area contributed by atoms with E-state index >= 15 is 0 Å². The van der Waals surface area contributed by atoms with Crippen molar-refractivity contribution < 1.29 is 23.1 Å². The van der Waals surface area contributed by atoms with Crippen molar-refractivity contribution in [1.82, 2.24) is 19.9 Å². The lowest BCUT2D eigenvalue weighted by atomic mass is 9.99. The number of carbonyl (C=O) groups is 1. The fourth-order valence-corrected chi connectivity index (χ4v) is 4.63.